The summed E-state index contributed by atoms with van der Waals surface area (Å²) in [5, 5.41) is 0. The van der Waals surface area contributed by atoms with E-state index in [1.807, 2.05) is 24.3 Å². The van der Waals surface area contributed by atoms with E-state index >= 15 is 0 Å². The Morgan fingerprint density at radius 2 is 1.81 bits per heavy atom. The minimum Gasteiger partial charge on any atom is -0.384 e. The molecule has 2 aliphatic carbocycles. The number of benzene rings is 2. The molecule has 1 saturated carbocycles. The minimum absolute atomic E-state index is 0.0323. The van der Waals surface area contributed by atoms with Gasteiger partial charge in [-0.3, -0.25) is 9.69 Å². The summed E-state index contributed by atoms with van der Waals surface area (Å²) in [5.41, 5.74) is 11.8. The van der Waals surface area contributed by atoms with E-state index in [1.165, 1.54) is 23.0 Å². The van der Waals surface area contributed by atoms with Crippen molar-refractivity contribution in [2.45, 2.75) is 78.1 Å². The van der Waals surface area contributed by atoms with Crippen molar-refractivity contribution < 1.29 is 4.79 Å². The van der Waals surface area contributed by atoms with Crippen LogP contribution in [-0.2, 0) is 16.6 Å². The van der Waals surface area contributed by atoms with Gasteiger partial charge in [0.2, 0.25) is 5.91 Å². The van der Waals surface area contributed by atoms with Crippen LogP contribution in [-0.4, -0.2) is 15.9 Å². The Bertz CT molecular complexity index is 1280. The highest BCUT2D eigenvalue weighted by atomic mass is 16.2. The van der Waals surface area contributed by atoms with Crippen LogP contribution in [0, 0.1) is 18.3 Å². The van der Waals surface area contributed by atoms with Crippen LogP contribution in [0.15, 0.2) is 54.9 Å². The Kier molecular flexibility index (Phi) is 6.14. The minimum atomic E-state index is -0.522. The summed E-state index contributed by atoms with van der Waals surface area (Å²) >= 11 is 0. The molecule has 3 aromatic rings. The third-order valence-electron chi connectivity index (χ3n) is 8.93. The standard InChI is InChI=1S/C31H38N4O/c1-20(2)22-9-13-25-23(17-22)10-14-26-30(25,4)15-6-16-31(26,5)29(36)35(24-11-7-21(3)8-12-24)28-18-27(32)33-19-34-28/h7-9,11-13,17-20,26H,6,10,14-16H2,1-5H3,(H2,32,33,34)/t26-,30-,31-/m1/s1. The fraction of sp³-hybridized carbons (Fsp3) is 0.452. The van der Waals surface area contributed by atoms with Gasteiger partial charge >= 0.3 is 0 Å². The number of fused-ring (bicyclic) bond motifs is 3. The molecule has 0 unspecified atom stereocenters. The van der Waals surface area contributed by atoms with Gasteiger partial charge in [-0.1, -0.05) is 70.0 Å². The first-order valence-corrected chi connectivity index (χ1v) is 13.3. The SMILES string of the molecule is Cc1ccc(N(C(=O)[C@]2(C)CCC[C@]3(C)c4ccc(C(C)C)cc4CC[C@@H]23)c2cc(N)ncn2)cc1. The van der Waals surface area contributed by atoms with E-state index in [-0.39, 0.29) is 17.2 Å². The van der Waals surface area contributed by atoms with Crippen LogP contribution in [0.25, 0.3) is 0 Å². The average Bonchev–Trinajstić information content (AvgIpc) is 2.85. The lowest BCUT2D eigenvalue weighted by Gasteiger charge is -2.55. The fourth-order valence-electron chi connectivity index (χ4n) is 6.91. The van der Waals surface area contributed by atoms with Gasteiger partial charge < -0.3 is 5.73 Å². The van der Waals surface area contributed by atoms with Crippen molar-refractivity contribution in [1.82, 2.24) is 9.97 Å². The van der Waals surface area contributed by atoms with Crippen molar-refractivity contribution in [1.29, 1.82) is 0 Å². The summed E-state index contributed by atoms with van der Waals surface area (Å²) < 4.78 is 0. The second-order valence-electron chi connectivity index (χ2n) is 11.6. The third-order valence-corrected chi connectivity index (χ3v) is 8.93. The number of amides is 1. The number of nitrogen functional groups attached to an aromatic ring is 1. The normalized spacial score (nSPS) is 25.2. The van der Waals surface area contributed by atoms with Crippen LogP contribution in [0.1, 0.15) is 81.5 Å². The fourth-order valence-corrected chi connectivity index (χ4v) is 6.91. The molecule has 1 amide bonds. The third kappa shape index (κ3) is 3.99. The lowest BCUT2D eigenvalue weighted by Crippen LogP contribution is -2.55. The van der Waals surface area contributed by atoms with E-state index in [1.54, 1.807) is 11.0 Å². The molecular formula is C31H38N4O. The largest absolute Gasteiger partial charge is 0.384 e. The zero-order valence-corrected chi connectivity index (χ0v) is 22.2. The summed E-state index contributed by atoms with van der Waals surface area (Å²) in [7, 11) is 0. The number of rotatable bonds is 4. The van der Waals surface area contributed by atoms with Crippen LogP contribution in [0.3, 0.4) is 0 Å². The Labute approximate surface area is 215 Å². The molecular weight excluding hydrogens is 444 g/mol. The molecule has 36 heavy (non-hydrogen) atoms. The Hall–Kier alpha value is -3.21. The molecule has 2 aliphatic rings. The molecule has 2 N–H and O–H groups in total. The van der Waals surface area contributed by atoms with Crippen molar-refractivity contribution in [2.75, 3.05) is 10.6 Å². The van der Waals surface area contributed by atoms with Crippen molar-refractivity contribution in [2.24, 2.45) is 11.3 Å². The summed E-state index contributed by atoms with van der Waals surface area (Å²) in [6.45, 7) is 11.2. The monoisotopic (exact) mass is 482 g/mol. The number of hydrogen-bond acceptors (Lipinski definition) is 4. The zero-order valence-electron chi connectivity index (χ0n) is 22.2. The highest BCUT2D eigenvalue weighted by molar-refractivity contribution is 6.03. The number of carbonyl (C=O) groups excluding carboxylic acids is 1. The molecule has 0 radical (unpaired) electrons. The zero-order chi connectivity index (χ0) is 25.7. The lowest BCUT2D eigenvalue weighted by atomic mass is 9.49. The highest BCUT2D eigenvalue weighted by Crippen LogP contribution is 2.58. The molecule has 3 atom stereocenters. The van der Waals surface area contributed by atoms with Crippen LogP contribution in [0.5, 0.6) is 0 Å². The number of nitrogens with zero attached hydrogens (tertiary/aromatic N) is 3. The number of aromatic nitrogens is 2. The molecule has 1 aromatic heterocycles. The quantitative estimate of drug-likeness (QED) is 0.441. The molecule has 2 aromatic carbocycles. The maximum Gasteiger partial charge on any atom is 0.238 e. The molecule has 1 heterocycles. The van der Waals surface area contributed by atoms with Gasteiger partial charge in [0.1, 0.15) is 18.0 Å². The summed E-state index contributed by atoms with van der Waals surface area (Å²) in [6, 6.07) is 16.8. The highest BCUT2D eigenvalue weighted by Gasteiger charge is 2.56. The molecule has 0 spiro atoms. The predicted octanol–water partition coefficient (Wildman–Crippen LogP) is 6.87. The van der Waals surface area contributed by atoms with E-state index < -0.39 is 5.41 Å². The summed E-state index contributed by atoms with van der Waals surface area (Å²) in [5.74, 6) is 1.75. The van der Waals surface area contributed by atoms with E-state index in [9.17, 15) is 4.79 Å². The molecule has 188 valence electrons. The number of aryl methyl sites for hydroxylation is 2. The Morgan fingerprint density at radius 1 is 1.06 bits per heavy atom. The Balaban J connectivity index is 1.59. The van der Waals surface area contributed by atoms with E-state index in [4.69, 9.17) is 5.73 Å². The second kappa shape index (κ2) is 9.02. The molecule has 1 fully saturated rings. The van der Waals surface area contributed by atoms with Crippen molar-refractivity contribution in [3.63, 3.8) is 0 Å². The Morgan fingerprint density at radius 3 is 2.50 bits per heavy atom. The molecule has 0 saturated heterocycles. The molecule has 0 bridgehead atoms. The number of nitrogens with two attached hydrogens (primary N) is 1. The maximum atomic E-state index is 14.7. The van der Waals surface area contributed by atoms with E-state index in [2.05, 4.69) is 62.8 Å². The van der Waals surface area contributed by atoms with E-state index in [0.29, 0.717) is 17.6 Å². The molecule has 0 aliphatic heterocycles. The second-order valence-corrected chi connectivity index (χ2v) is 11.6. The molecule has 5 heteroatoms. The lowest BCUT2D eigenvalue weighted by molar-refractivity contribution is -0.135. The van der Waals surface area contributed by atoms with E-state index in [0.717, 1.165) is 43.4 Å². The predicted molar refractivity (Wildman–Crippen MR) is 146 cm³/mol. The van der Waals surface area contributed by atoms with Gasteiger partial charge in [-0.15, -0.1) is 0 Å². The van der Waals surface area contributed by atoms with Crippen LogP contribution < -0.4 is 10.6 Å². The van der Waals surface area contributed by atoms with Gasteiger partial charge in [0.25, 0.3) is 0 Å². The molecule has 5 rings (SSSR count). The van der Waals surface area contributed by atoms with Gasteiger partial charge in [0.05, 0.1) is 11.1 Å². The first kappa shape index (κ1) is 24.5. The van der Waals surface area contributed by atoms with Crippen molar-refractivity contribution in [3.05, 3.63) is 77.1 Å². The van der Waals surface area contributed by atoms with Gasteiger partial charge in [0, 0.05) is 6.07 Å². The van der Waals surface area contributed by atoms with Crippen LogP contribution in [0.4, 0.5) is 17.3 Å². The number of hydrogen-bond donors (Lipinski definition) is 1. The van der Waals surface area contributed by atoms with Gasteiger partial charge in [-0.25, -0.2) is 9.97 Å². The maximum absolute atomic E-state index is 14.7. The van der Waals surface area contributed by atoms with Crippen LogP contribution in [0.2, 0.25) is 0 Å². The summed E-state index contributed by atoms with van der Waals surface area (Å²) in [4.78, 5) is 25.0. The first-order chi connectivity index (χ1) is 17.1. The topological polar surface area (TPSA) is 72.1 Å². The number of carbonyl (C=O) groups is 1. The molecule has 5 nitrogen and oxygen atoms in total. The van der Waals surface area contributed by atoms with Gasteiger partial charge in [0.15, 0.2) is 0 Å². The van der Waals surface area contributed by atoms with Gasteiger partial charge in [-0.05, 0) is 78.7 Å². The van der Waals surface area contributed by atoms with Gasteiger partial charge in [-0.2, -0.15) is 0 Å². The van der Waals surface area contributed by atoms with Crippen molar-refractivity contribution >= 4 is 23.2 Å². The average molecular weight is 483 g/mol. The van der Waals surface area contributed by atoms with Crippen LogP contribution >= 0.6 is 0 Å². The first-order valence-electron chi connectivity index (χ1n) is 13.3. The number of anilines is 3. The summed E-state index contributed by atoms with van der Waals surface area (Å²) in [6.07, 6.45) is 6.48. The van der Waals surface area contributed by atoms with Crippen molar-refractivity contribution in [3.8, 4) is 0 Å². The smallest absolute Gasteiger partial charge is 0.238 e.